The normalized spacial score (nSPS) is 19.3. The molecule has 1 N–H and O–H groups in total. The van der Waals surface area contributed by atoms with Gasteiger partial charge in [0.25, 0.3) is 5.91 Å². The summed E-state index contributed by atoms with van der Waals surface area (Å²) < 4.78 is 5.23. The first kappa shape index (κ1) is 17.7. The zero-order chi connectivity index (χ0) is 19.0. The molecule has 3 amide bonds. The van der Waals surface area contributed by atoms with Gasteiger partial charge >= 0.3 is 6.03 Å². The smallest absolute Gasteiger partial charge is 0.346 e. The van der Waals surface area contributed by atoms with Crippen molar-refractivity contribution in [3.8, 4) is 5.75 Å². The van der Waals surface area contributed by atoms with E-state index in [1.54, 1.807) is 19.2 Å². The van der Waals surface area contributed by atoms with Gasteiger partial charge in [-0.2, -0.15) is 5.10 Å². The third-order valence-corrected chi connectivity index (χ3v) is 5.46. The second-order valence-electron chi connectivity index (χ2n) is 6.86. The average Bonchev–Trinajstić information content (AvgIpc) is 2.89. The molecular formula is C19H19ClN4O3. The molecule has 8 heteroatoms. The van der Waals surface area contributed by atoms with Crippen molar-refractivity contribution in [3.05, 3.63) is 35.0 Å². The van der Waals surface area contributed by atoms with E-state index in [2.05, 4.69) is 15.4 Å². The van der Waals surface area contributed by atoms with Crippen LogP contribution >= 0.6 is 11.6 Å². The molecule has 2 aromatic rings. The number of urea groups is 1. The number of amides is 3. The number of carbonyl (C=O) groups is 2. The van der Waals surface area contributed by atoms with Crippen molar-refractivity contribution < 1.29 is 14.3 Å². The molecule has 2 fully saturated rings. The number of pyridine rings is 1. The van der Waals surface area contributed by atoms with E-state index in [0.717, 1.165) is 29.7 Å². The summed E-state index contributed by atoms with van der Waals surface area (Å²) in [5.41, 5.74) is 0.433. The lowest BCUT2D eigenvalue weighted by Gasteiger charge is -2.29. The molecule has 0 radical (unpaired) electrons. The molecule has 1 saturated carbocycles. The van der Waals surface area contributed by atoms with Gasteiger partial charge in [-0.3, -0.25) is 4.79 Å². The van der Waals surface area contributed by atoms with Crippen molar-refractivity contribution in [2.45, 2.75) is 37.6 Å². The van der Waals surface area contributed by atoms with Gasteiger partial charge < -0.3 is 10.1 Å². The van der Waals surface area contributed by atoms with E-state index >= 15 is 0 Å². The minimum Gasteiger partial charge on any atom is -0.497 e. The number of rotatable bonds is 3. The number of nitrogens with zero attached hydrogens (tertiary/aromatic N) is 3. The van der Waals surface area contributed by atoms with E-state index in [4.69, 9.17) is 16.3 Å². The second-order valence-corrected chi connectivity index (χ2v) is 7.22. The highest BCUT2D eigenvalue weighted by atomic mass is 35.5. The monoisotopic (exact) mass is 386 g/mol. The van der Waals surface area contributed by atoms with Gasteiger partial charge in [0.05, 0.1) is 18.8 Å². The number of aromatic nitrogens is 1. The molecule has 0 bridgehead atoms. The molecule has 0 atom stereocenters. The number of imide groups is 1. The SMILES string of the molecule is COc1ccc2nc(Cl)c(/C=N\N3C(=O)NC4(CCCCC4)C3=O)cc2c1. The zero-order valence-corrected chi connectivity index (χ0v) is 15.6. The van der Waals surface area contributed by atoms with Crippen LogP contribution in [0.25, 0.3) is 10.9 Å². The Morgan fingerprint density at radius 1 is 1.26 bits per heavy atom. The molecule has 7 nitrogen and oxygen atoms in total. The number of hydrogen-bond donors (Lipinski definition) is 1. The number of halogens is 1. The molecular weight excluding hydrogens is 368 g/mol. The molecule has 1 aliphatic carbocycles. The topological polar surface area (TPSA) is 83.9 Å². The minimum atomic E-state index is -0.800. The van der Waals surface area contributed by atoms with Crippen molar-refractivity contribution >= 4 is 40.7 Å². The van der Waals surface area contributed by atoms with E-state index in [1.165, 1.54) is 6.21 Å². The van der Waals surface area contributed by atoms with Crippen LogP contribution in [0.2, 0.25) is 5.15 Å². The average molecular weight is 387 g/mol. The van der Waals surface area contributed by atoms with Crippen LogP contribution in [0.1, 0.15) is 37.7 Å². The Hall–Kier alpha value is -2.67. The van der Waals surface area contributed by atoms with Crippen molar-refractivity contribution in [3.63, 3.8) is 0 Å². The molecule has 0 unspecified atom stereocenters. The van der Waals surface area contributed by atoms with Gasteiger partial charge in [0, 0.05) is 10.9 Å². The Balaban J connectivity index is 1.63. The van der Waals surface area contributed by atoms with Crippen LogP contribution in [-0.2, 0) is 4.79 Å². The highest BCUT2D eigenvalue weighted by Crippen LogP contribution is 2.33. The summed E-state index contributed by atoms with van der Waals surface area (Å²) in [6, 6.07) is 6.75. The van der Waals surface area contributed by atoms with Crippen molar-refractivity contribution in [1.82, 2.24) is 15.3 Å². The Morgan fingerprint density at radius 2 is 2.04 bits per heavy atom. The highest BCUT2D eigenvalue weighted by molar-refractivity contribution is 6.32. The van der Waals surface area contributed by atoms with Crippen LogP contribution in [0.4, 0.5) is 4.79 Å². The van der Waals surface area contributed by atoms with E-state index in [9.17, 15) is 9.59 Å². The first-order valence-electron chi connectivity index (χ1n) is 8.87. The summed E-state index contributed by atoms with van der Waals surface area (Å²) >= 11 is 6.24. The van der Waals surface area contributed by atoms with Crippen molar-refractivity contribution in [2.24, 2.45) is 5.10 Å². The highest BCUT2D eigenvalue weighted by Gasteiger charge is 2.51. The van der Waals surface area contributed by atoms with Gasteiger partial charge in [0.2, 0.25) is 0 Å². The lowest BCUT2D eigenvalue weighted by atomic mass is 9.82. The Morgan fingerprint density at radius 3 is 2.78 bits per heavy atom. The standard InChI is InChI=1S/C19H19ClN4O3/c1-27-14-5-6-15-12(10-14)9-13(16(20)22-15)11-21-24-17(25)19(23-18(24)26)7-3-2-4-8-19/h5-6,9-11H,2-4,7-8H2,1H3,(H,23,26)/b21-11-. The molecule has 140 valence electrons. The van der Waals surface area contributed by atoms with Crippen LogP contribution in [0.15, 0.2) is 29.4 Å². The number of nitrogens with one attached hydrogen (secondary N) is 1. The minimum absolute atomic E-state index is 0.246. The predicted octanol–water partition coefficient (Wildman–Crippen LogP) is 3.49. The van der Waals surface area contributed by atoms with Gasteiger partial charge in [-0.05, 0) is 37.1 Å². The quantitative estimate of drug-likeness (QED) is 0.497. The maximum atomic E-state index is 12.8. The molecule has 4 rings (SSSR count). The number of ether oxygens (including phenoxy) is 1. The number of hydrazone groups is 1. The van der Waals surface area contributed by atoms with Crippen LogP contribution in [0.5, 0.6) is 5.75 Å². The second kappa shape index (κ2) is 6.81. The largest absolute Gasteiger partial charge is 0.497 e. The van der Waals surface area contributed by atoms with Crippen LogP contribution in [0.3, 0.4) is 0 Å². The molecule has 1 aliphatic heterocycles. The molecule has 27 heavy (non-hydrogen) atoms. The number of benzene rings is 1. The van der Waals surface area contributed by atoms with E-state index in [0.29, 0.717) is 29.7 Å². The summed E-state index contributed by atoms with van der Waals surface area (Å²) in [5, 5.41) is 8.90. The third kappa shape index (κ3) is 3.12. The molecule has 1 aromatic carbocycles. The van der Waals surface area contributed by atoms with Gasteiger partial charge in [0.15, 0.2) is 0 Å². The summed E-state index contributed by atoms with van der Waals surface area (Å²) in [5.74, 6) is 0.401. The van der Waals surface area contributed by atoms with Crippen LogP contribution in [-0.4, -0.2) is 40.8 Å². The molecule has 2 heterocycles. The Kier molecular flexibility index (Phi) is 4.47. The Labute approximate surface area is 161 Å². The van der Waals surface area contributed by atoms with E-state index in [1.807, 2.05) is 12.1 Å². The van der Waals surface area contributed by atoms with Gasteiger partial charge in [0.1, 0.15) is 16.4 Å². The number of hydrogen-bond acceptors (Lipinski definition) is 5. The van der Waals surface area contributed by atoms with Gasteiger partial charge in [-0.15, -0.1) is 5.01 Å². The molecule has 1 saturated heterocycles. The predicted molar refractivity (Wildman–Crippen MR) is 102 cm³/mol. The summed E-state index contributed by atoms with van der Waals surface area (Å²) in [4.78, 5) is 29.4. The number of carbonyl (C=O) groups excluding carboxylic acids is 2. The van der Waals surface area contributed by atoms with E-state index in [-0.39, 0.29) is 11.1 Å². The van der Waals surface area contributed by atoms with Crippen LogP contribution < -0.4 is 10.1 Å². The molecule has 2 aliphatic rings. The molecule has 1 aromatic heterocycles. The van der Waals surface area contributed by atoms with Crippen molar-refractivity contribution in [2.75, 3.05) is 7.11 Å². The summed E-state index contributed by atoms with van der Waals surface area (Å²) in [6.07, 6.45) is 5.63. The van der Waals surface area contributed by atoms with Gasteiger partial charge in [-0.25, -0.2) is 9.78 Å². The fourth-order valence-electron chi connectivity index (χ4n) is 3.69. The zero-order valence-electron chi connectivity index (χ0n) is 14.9. The third-order valence-electron chi connectivity index (χ3n) is 5.16. The van der Waals surface area contributed by atoms with Crippen molar-refractivity contribution in [1.29, 1.82) is 0 Å². The first-order chi connectivity index (χ1) is 13.0. The van der Waals surface area contributed by atoms with E-state index < -0.39 is 11.6 Å². The first-order valence-corrected chi connectivity index (χ1v) is 9.25. The maximum Gasteiger partial charge on any atom is 0.346 e. The van der Waals surface area contributed by atoms with Crippen LogP contribution in [0, 0.1) is 0 Å². The molecule has 1 spiro atoms. The Bertz CT molecular complexity index is 953. The number of fused-ring (bicyclic) bond motifs is 1. The lowest BCUT2D eigenvalue weighted by molar-refractivity contribution is -0.132. The van der Waals surface area contributed by atoms with Gasteiger partial charge in [-0.1, -0.05) is 30.9 Å². The maximum absolute atomic E-state index is 12.8. The fraction of sp³-hybridized carbons (Fsp3) is 0.368. The fourth-order valence-corrected chi connectivity index (χ4v) is 3.88. The number of methoxy groups -OCH3 is 1. The summed E-state index contributed by atoms with van der Waals surface area (Å²) in [7, 11) is 1.59. The summed E-state index contributed by atoms with van der Waals surface area (Å²) in [6.45, 7) is 0. The lowest BCUT2D eigenvalue weighted by Crippen LogP contribution is -2.48.